The van der Waals surface area contributed by atoms with E-state index in [0.717, 1.165) is 15.6 Å². The smallest absolute Gasteiger partial charge is 0.264 e. The molecule has 0 bridgehead atoms. The molecule has 3 aromatic carbocycles. The number of carbonyl (C=O) groups is 1. The van der Waals surface area contributed by atoms with Crippen molar-refractivity contribution in [2.24, 2.45) is 0 Å². The molecule has 0 unspecified atom stereocenters. The number of anilines is 1. The maximum Gasteiger partial charge on any atom is 0.264 e. The summed E-state index contributed by atoms with van der Waals surface area (Å²) in [5.74, 6) is 0.112. The number of benzene rings is 3. The zero-order chi connectivity index (χ0) is 24.0. The van der Waals surface area contributed by atoms with E-state index in [1.165, 1.54) is 19.2 Å². The average molecular weight is 477 g/mol. The second-order valence-electron chi connectivity index (χ2n) is 7.40. The monoisotopic (exact) mass is 476 g/mol. The van der Waals surface area contributed by atoms with Gasteiger partial charge in [-0.2, -0.15) is 0 Å². The third-order valence-corrected chi connectivity index (χ3v) is 7.02. The summed E-state index contributed by atoms with van der Waals surface area (Å²) in [7, 11) is -2.49. The highest BCUT2D eigenvalue weighted by Gasteiger charge is 2.27. The highest BCUT2D eigenvalue weighted by Crippen LogP contribution is 2.25. The summed E-state index contributed by atoms with van der Waals surface area (Å²) in [6.45, 7) is -0.135. The molecule has 0 saturated heterocycles. The van der Waals surface area contributed by atoms with Gasteiger partial charge < -0.3 is 14.6 Å². The molecule has 174 valence electrons. The summed E-state index contributed by atoms with van der Waals surface area (Å²) < 4.78 is 35.0. The summed E-state index contributed by atoms with van der Waals surface area (Å²) in [4.78, 5) is 17.1. The molecule has 4 aromatic rings. The summed E-state index contributed by atoms with van der Waals surface area (Å²) in [5, 5.41) is 2.84. The average Bonchev–Trinajstić information content (AvgIpc) is 3.41. The lowest BCUT2D eigenvalue weighted by atomic mass is 10.1. The Labute approximate surface area is 198 Å². The number of amides is 1. The highest BCUT2D eigenvalue weighted by atomic mass is 32.2. The minimum atomic E-state index is -4.00. The van der Waals surface area contributed by atoms with Crippen molar-refractivity contribution in [1.82, 2.24) is 14.9 Å². The predicted octanol–water partition coefficient (Wildman–Crippen LogP) is 3.39. The van der Waals surface area contributed by atoms with Crippen molar-refractivity contribution in [3.8, 4) is 11.4 Å². The molecule has 34 heavy (non-hydrogen) atoms. The van der Waals surface area contributed by atoms with E-state index in [9.17, 15) is 13.2 Å². The van der Waals surface area contributed by atoms with Crippen LogP contribution in [0.15, 0.2) is 102 Å². The Bertz CT molecular complexity index is 1340. The molecule has 0 saturated carbocycles. The molecular formula is C25H24N4O4S. The van der Waals surface area contributed by atoms with Gasteiger partial charge in [0.15, 0.2) is 0 Å². The summed E-state index contributed by atoms with van der Waals surface area (Å²) in [6, 6.07) is 22.2. The number of ether oxygens (including phenoxy) is 1. The number of methoxy groups -OCH3 is 1. The first kappa shape index (κ1) is 23.1. The number of imidazole rings is 1. The number of nitrogens with one attached hydrogen (secondary N) is 1. The fraction of sp³-hybridized carbons (Fsp3) is 0.120. The number of hydrogen-bond donors (Lipinski definition) is 1. The van der Waals surface area contributed by atoms with Gasteiger partial charge >= 0.3 is 0 Å². The number of carbonyl (C=O) groups excluding carboxylic acids is 1. The zero-order valence-electron chi connectivity index (χ0n) is 18.5. The number of rotatable bonds is 9. The van der Waals surface area contributed by atoms with Crippen LogP contribution in [0.2, 0.25) is 0 Å². The molecule has 0 aliphatic heterocycles. The van der Waals surface area contributed by atoms with Crippen LogP contribution >= 0.6 is 0 Å². The van der Waals surface area contributed by atoms with E-state index in [1.54, 1.807) is 55.0 Å². The van der Waals surface area contributed by atoms with Gasteiger partial charge in [-0.05, 0) is 48.0 Å². The summed E-state index contributed by atoms with van der Waals surface area (Å²) in [6.07, 6.45) is 5.18. The molecule has 0 atom stereocenters. The number of para-hydroxylation sites is 2. The molecule has 0 spiro atoms. The van der Waals surface area contributed by atoms with Crippen molar-refractivity contribution in [3.63, 3.8) is 0 Å². The van der Waals surface area contributed by atoms with Crippen molar-refractivity contribution >= 4 is 21.6 Å². The fourth-order valence-electron chi connectivity index (χ4n) is 3.48. The van der Waals surface area contributed by atoms with Crippen LogP contribution in [-0.2, 0) is 21.4 Å². The van der Waals surface area contributed by atoms with E-state index in [0.29, 0.717) is 11.4 Å². The van der Waals surface area contributed by atoms with Crippen LogP contribution in [0.5, 0.6) is 5.75 Å². The van der Waals surface area contributed by atoms with Gasteiger partial charge in [-0.15, -0.1) is 0 Å². The van der Waals surface area contributed by atoms with E-state index in [4.69, 9.17) is 4.74 Å². The van der Waals surface area contributed by atoms with E-state index < -0.39 is 15.9 Å². The molecule has 0 fully saturated rings. The maximum atomic E-state index is 13.4. The standard InChI is InChI=1S/C25H24N4O4S/c1-33-22-11-13-23(14-12-22)34(31,32)29(21-8-3-2-4-9-21)18-25(30)27-17-20-7-5-6-10-24(20)28-16-15-26-19-28/h2-16,19H,17-18H2,1H3,(H,27,30). The molecule has 1 heterocycles. The Kier molecular flexibility index (Phi) is 6.93. The Morgan fingerprint density at radius 2 is 1.71 bits per heavy atom. The minimum absolute atomic E-state index is 0.0652. The Morgan fingerprint density at radius 1 is 1.00 bits per heavy atom. The van der Waals surface area contributed by atoms with E-state index in [1.807, 2.05) is 35.0 Å². The van der Waals surface area contributed by atoms with Gasteiger partial charge in [-0.25, -0.2) is 13.4 Å². The van der Waals surface area contributed by atoms with Crippen molar-refractivity contribution < 1.29 is 17.9 Å². The second kappa shape index (κ2) is 10.2. The fourth-order valence-corrected chi connectivity index (χ4v) is 4.90. The van der Waals surface area contributed by atoms with Gasteiger partial charge in [0.2, 0.25) is 5.91 Å². The number of hydrogen-bond acceptors (Lipinski definition) is 5. The second-order valence-corrected chi connectivity index (χ2v) is 9.26. The largest absolute Gasteiger partial charge is 0.497 e. The lowest BCUT2D eigenvalue weighted by Gasteiger charge is -2.24. The van der Waals surface area contributed by atoms with Crippen LogP contribution in [-0.4, -0.2) is 37.5 Å². The van der Waals surface area contributed by atoms with Crippen LogP contribution in [0.1, 0.15) is 5.56 Å². The van der Waals surface area contributed by atoms with Crippen LogP contribution in [0.4, 0.5) is 5.69 Å². The molecule has 0 radical (unpaired) electrons. The number of sulfonamides is 1. The van der Waals surface area contributed by atoms with Gasteiger partial charge in [0.25, 0.3) is 10.0 Å². The zero-order valence-corrected chi connectivity index (χ0v) is 19.4. The molecule has 4 rings (SSSR count). The van der Waals surface area contributed by atoms with Gasteiger partial charge in [0.1, 0.15) is 12.3 Å². The van der Waals surface area contributed by atoms with E-state index >= 15 is 0 Å². The Balaban J connectivity index is 1.55. The molecule has 9 heteroatoms. The molecule has 8 nitrogen and oxygen atoms in total. The maximum absolute atomic E-state index is 13.4. The first-order valence-electron chi connectivity index (χ1n) is 10.5. The first-order valence-corrected chi connectivity index (χ1v) is 12.0. The van der Waals surface area contributed by atoms with Crippen LogP contribution in [0.3, 0.4) is 0 Å². The summed E-state index contributed by atoms with van der Waals surface area (Å²) >= 11 is 0. The SMILES string of the molecule is COc1ccc(S(=O)(=O)N(CC(=O)NCc2ccccc2-n2ccnc2)c2ccccc2)cc1. The van der Waals surface area contributed by atoms with Gasteiger partial charge in [0.05, 0.1) is 29.7 Å². The predicted molar refractivity (Wildman–Crippen MR) is 129 cm³/mol. The van der Waals surface area contributed by atoms with Gasteiger partial charge in [-0.3, -0.25) is 9.10 Å². The quantitative estimate of drug-likeness (QED) is 0.400. The Morgan fingerprint density at radius 3 is 2.38 bits per heavy atom. The molecule has 1 aromatic heterocycles. The van der Waals surface area contributed by atoms with Crippen molar-refractivity contribution in [2.45, 2.75) is 11.4 Å². The third kappa shape index (κ3) is 5.10. The highest BCUT2D eigenvalue weighted by molar-refractivity contribution is 7.92. The lowest BCUT2D eigenvalue weighted by Crippen LogP contribution is -2.40. The topological polar surface area (TPSA) is 93.5 Å². The Hall–Kier alpha value is -4.11. The number of aromatic nitrogens is 2. The van der Waals surface area contributed by atoms with Crippen LogP contribution in [0.25, 0.3) is 5.69 Å². The van der Waals surface area contributed by atoms with Crippen molar-refractivity contribution in [3.05, 3.63) is 103 Å². The minimum Gasteiger partial charge on any atom is -0.497 e. The lowest BCUT2D eigenvalue weighted by molar-refractivity contribution is -0.119. The van der Waals surface area contributed by atoms with Crippen LogP contribution in [0, 0.1) is 0 Å². The van der Waals surface area contributed by atoms with Crippen molar-refractivity contribution in [1.29, 1.82) is 0 Å². The van der Waals surface area contributed by atoms with Crippen LogP contribution < -0.4 is 14.4 Å². The number of nitrogens with zero attached hydrogens (tertiary/aromatic N) is 3. The summed E-state index contributed by atoms with van der Waals surface area (Å²) in [5.41, 5.74) is 2.15. The van der Waals surface area contributed by atoms with Crippen molar-refractivity contribution in [2.75, 3.05) is 18.0 Å². The van der Waals surface area contributed by atoms with E-state index in [-0.39, 0.29) is 18.0 Å². The van der Waals surface area contributed by atoms with E-state index in [2.05, 4.69) is 10.3 Å². The van der Waals surface area contributed by atoms with Gasteiger partial charge in [0, 0.05) is 18.9 Å². The van der Waals surface area contributed by atoms with Gasteiger partial charge in [-0.1, -0.05) is 36.4 Å². The first-order chi connectivity index (χ1) is 16.5. The third-order valence-electron chi connectivity index (χ3n) is 5.23. The molecule has 0 aliphatic rings. The molecule has 0 aliphatic carbocycles. The normalized spacial score (nSPS) is 11.1. The molecule has 1 N–H and O–H groups in total. The molecule has 1 amide bonds. The molecular weight excluding hydrogens is 452 g/mol.